The third kappa shape index (κ3) is 3.81. The second-order valence-electron chi connectivity index (χ2n) is 10.3. The van der Waals surface area contributed by atoms with E-state index in [4.69, 9.17) is 4.74 Å². The van der Waals surface area contributed by atoms with Crippen LogP contribution >= 0.6 is 0 Å². The molecule has 2 aliphatic rings. The van der Waals surface area contributed by atoms with Crippen LogP contribution in [0.1, 0.15) is 6.42 Å². The molecule has 9 heteroatoms. The van der Waals surface area contributed by atoms with E-state index in [1.807, 2.05) is 28.0 Å². The van der Waals surface area contributed by atoms with Crippen LogP contribution in [0, 0.1) is 0 Å². The van der Waals surface area contributed by atoms with Crippen molar-refractivity contribution in [3.63, 3.8) is 0 Å². The molecule has 192 valence electrons. The molecule has 0 unspecified atom stereocenters. The molecule has 9 nitrogen and oxygen atoms in total. The Morgan fingerprint density at radius 2 is 1.81 bits per heavy atom. The van der Waals surface area contributed by atoms with Crippen molar-refractivity contribution >= 4 is 33.7 Å². The number of methoxy groups -OCH3 is 1. The highest BCUT2D eigenvalue weighted by atomic mass is 16.5. The number of aromatic nitrogens is 3. The number of fused-ring (bicyclic) bond motifs is 4. The van der Waals surface area contributed by atoms with E-state index >= 15 is 0 Å². The first kappa shape index (κ1) is 23.7. The van der Waals surface area contributed by atoms with Crippen LogP contribution < -0.4 is 10.6 Å². The number of aryl methyl sites for hydroxylation is 1. The van der Waals surface area contributed by atoms with Crippen LogP contribution in [0.2, 0.25) is 0 Å². The molecule has 0 spiro atoms. The molecule has 4 heterocycles. The number of carbonyl (C=O) groups excluding carboxylic acids is 1. The van der Waals surface area contributed by atoms with Gasteiger partial charge in [0.15, 0.2) is 0 Å². The van der Waals surface area contributed by atoms with Crippen molar-refractivity contribution in [1.29, 1.82) is 0 Å². The third-order valence-corrected chi connectivity index (χ3v) is 7.99. The van der Waals surface area contributed by atoms with Gasteiger partial charge in [0, 0.05) is 44.4 Å². The molecule has 0 N–H and O–H groups in total. The van der Waals surface area contributed by atoms with E-state index in [2.05, 4.69) is 48.2 Å². The van der Waals surface area contributed by atoms with Crippen molar-refractivity contribution in [1.82, 2.24) is 23.9 Å². The summed E-state index contributed by atoms with van der Waals surface area (Å²) in [5.74, 6) is 0. The first-order valence-corrected chi connectivity index (χ1v) is 12.7. The molecule has 0 aliphatic carbocycles. The second-order valence-corrected chi connectivity index (χ2v) is 10.3. The van der Waals surface area contributed by atoms with Crippen LogP contribution in [-0.4, -0.2) is 82.9 Å². The van der Waals surface area contributed by atoms with E-state index in [-0.39, 0.29) is 17.8 Å². The first-order chi connectivity index (χ1) is 17.9. The lowest BCUT2D eigenvalue weighted by atomic mass is 10.0. The van der Waals surface area contributed by atoms with Gasteiger partial charge in [-0.25, -0.2) is 9.59 Å². The molecule has 2 saturated heterocycles. The molecule has 37 heavy (non-hydrogen) atoms. The fourth-order valence-electron chi connectivity index (χ4n) is 5.81. The number of pyridine rings is 1. The van der Waals surface area contributed by atoms with E-state index in [1.165, 1.54) is 0 Å². The van der Waals surface area contributed by atoms with E-state index in [9.17, 15) is 9.59 Å². The topological polar surface area (TPSA) is 75.8 Å². The molecule has 0 saturated carbocycles. The summed E-state index contributed by atoms with van der Waals surface area (Å²) in [6, 6.07) is 15.1. The highest BCUT2D eigenvalue weighted by Gasteiger charge is 2.44. The summed E-state index contributed by atoms with van der Waals surface area (Å²) in [6.45, 7) is 2.45. The summed E-state index contributed by atoms with van der Waals surface area (Å²) >= 11 is 0. The minimum atomic E-state index is -0.0798. The Balaban J connectivity index is 1.32. The number of nitrogens with zero attached hydrogens (tertiary/aromatic N) is 6. The highest BCUT2D eigenvalue weighted by Crippen LogP contribution is 2.34. The molecule has 2 amide bonds. The van der Waals surface area contributed by atoms with Crippen LogP contribution in [0.4, 0.5) is 10.5 Å². The molecule has 0 bridgehead atoms. The van der Waals surface area contributed by atoms with Crippen molar-refractivity contribution in [2.24, 2.45) is 7.05 Å². The summed E-state index contributed by atoms with van der Waals surface area (Å²) in [6.07, 6.45) is 2.78. The molecular weight excluding hydrogens is 468 g/mol. The van der Waals surface area contributed by atoms with E-state index in [1.54, 1.807) is 29.5 Å². The van der Waals surface area contributed by atoms with Crippen molar-refractivity contribution in [3.05, 3.63) is 59.1 Å². The minimum Gasteiger partial charge on any atom is -0.383 e. The zero-order chi connectivity index (χ0) is 25.8. The zero-order valence-corrected chi connectivity index (χ0v) is 21.7. The van der Waals surface area contributed by atoms with E-state index in [0.29, 0.717) is 19.2 Å². The number of urea groups is 1. The molecule has 2 aliphatic heterocycles. The Morgan fingerprint density at radius 3 is 2.51 bits per heavy atom. The fourth-order valence-corrected chi connectivity index (χ4v) is 5.81. The number of carbonyl (C=O) groups is 1. The van der Waals surface area contributed by atoms with Gasteiger partial charge in [0.1, 0.15) is 0 Å². The zero-order valence-electron chi connectivity index (χ0n) is 21.7. The van der Waals surface area contributed by atoms with Crippen LogP contribution in [-0.2, 0) is 18.3 Å². The van der Waals surface area contributed by atoms with Crippen molar-refractivity contribution in [2.45, 2.75) is 25.0 Å². The molecule has 6 rings (SSSR count). The highest BCUT2D eigenvalue weighted by molar-refractivity contribution is 6.04. The second kappa shape index (κ2) is 9.00. The van der Waals surface area contributed by atoms with Gasteiger partial charge < -0.3 is 14.5 Å². The van der Waals surface area contributed by atoms with E-state index < -0.39 is 0 Å². The first-order valence-electron chi connectivity index (χ1n) is 12.7. The molecular formula is C28H32N6O3. The summed E-state index contributed by atoms with van der Waals surface area (Å²) in [5, 5.41) is 0.929. The van der Waals surface area contributed by atoms with Crippen LogP contribution in [0.5, 0.6) is 0 Å². The summed E-state index contributed by atoms with van der Waals surface area (Å²) in [5.41, 5.74) is 5.42. The fraction of sp³-hybridized carbons (Fsp3) is 0.393. The number of amides is 2. The van der Waals surface area contributed by atoms with Gasteiger partial charge in [-0.1, -0.05) is 18.2 Å². The maximum Gasteiger partial charge on any atom is 0.328 e. The lowest BCUT2D eigenvalue weighted by Gasteiger charge is -2.22. The van der Waals surface area contributed by atoms with Crippen LogP contribution in [0.3, 0.4) is 0 Å². The minimum absolute atomic E-state index is 0.0798. The molecule has 2 aromatic carbocycles. The van der Waals surface area contributed by atoms with Gasteiger partial charge in [0.2, 0.25) is 0 Å². The van der Waals surface area contributed by atoms with Gasteiger partial charge in [-0.15, -0.1) is 0 Å². The Bertz CT molecular complexity index is 1550. The lowest BCUT2D eigenvalue weighted by molar-refractivity contribution is 0.187. The Morgan fingerprint density at radius 1 is 1.05 bits per heavy atom. The van der Waals surface area contributed by atoms with Crippen LogP contribution in [0.15, 0.2) is 53.5 Å². The summed E-state index contributed by atoms with van der Waals surface area (Å²) < 4.78 is 8.65. The van der Waals surface area contributed by atoms with Gasteiger partial charge in [-0.3, -0.25) is 19.0 Å². The maximum atomic E-state index is 13.1. The van der Waals surface area contributed by atoms with Gasteiger partial charge in [0.05, 0.1) is 41.9 Å². The van der Waals surface area contributed by atoms with Gasteiger partial charge in [-0.2, -0.15) is 0 Å². The quantitative estimate of drug-likeness (QED) is 0.407. The van der Waals surface area contributed by atoms with Crippen LogP contribution in [0.25, 0.3) is 33.1 Å². The Kier molecular flexibility index (Phi) is 5.77. The smallest absolute Gasteiger partial charge is 0.328 e. The predicted octanol–water partition coefficient (Wildman–Crippen LogP) is 3.15. The lowest BCUT2D eigenvalue weighted by Crippen LogP contribution is -2.37. The standard InChI is InChI=1S/C28H32N6O3/c1-30(2)21-14-22-17-33(28(36)34(22)16-21)20-8-5-18(6-9-20)19-7-10-24-23(13-19)26-25(15-29-24)31(3)27(35)32(26)11-12-37-4/h5-10,13,15,21-22H,11-12,14,16-17H2,1-4H3/t21-,22+/m1/s1. The van der Waals surface area contributed by atoms with E-state index in [0.717, 1.165) is 58.3 Å². The Hall–Kier alpha value is -3.69. The molecule has 2 aromatic heterocycles. The van der Waals surface area contributed by atoms with Gasteiger partial charge >= 0.3 is 11.7 Å². The van der Waals surface area contributed by atoms with Crippen molar-refractivity contribution in [2.75, 3.05) is 45.8 Å². The molecule has 2 atom stereocenters. The van der Waals surface area contributed by atoms with Crippen molar-refractivity contribution < 1.29 is 9.53 Å². The number of imidazole rings is 1. The maximum absolute atomic E-state index is 13.1. The van der Waals surface area contributed by atoms with Gasteiger partial charge in [-0.05, 0) is 55.9 Å². The Labute approximate surface area is 215 Å². The SMILES string of the molecule is COCCn1c(=O)n(C)c2cnc3ccc(-c4ccc(N5C[C@@H]6C[C@@H](N(C)C)CN6C5=O)cc4)cc3c21. The number of benzene rings is 2. The number of hydrogen-bond donors (Lipinski definition) is 0. The normalized spacial score (nSPS) is 19.6. The molecule has 0 radical (unpaired) electrons. The summed E-state index contributed by atoms with van der Waals surface area (Å²) in [7, 11) is 7.57. The number of ether oxygens (including phenoxy) is 1. The number of likely N-dealkylation sites (N-methyl/N-ethyl adjacent to an activating group) is 1. The molecule has 4 aromatic rings. The number of anilines is 1. The van der Waals surface area contributed by atoms with Crippen molar-refractivity contribution in [3.8, 4) is 11.1 Å². The van der Waals surface area contributed by atoms with Gasteiger partial charge in [0.25, 0.3) is 0 Å². The number of hydrogen-bond acceptors (Lipinski definition) is 5. The average Bonchev–Trinajstić information content (AvgIpc) is 3.54. The average molecular weight is 501 g/mol. The predicted molar refractivity (Wildman–Crippen MR) is 145 cm³/mol. The molecule has 2 fully saturated rings. The monoisotopic (exact) mass is 500 g/mol. The number of rotatable bonds is 6. The third-order valence-electron chi connectivity index (χ3n) is 7.99. The summed E-state index contributed by atoms with van der Waals surface area (Å²) in [4.78, 5) is 36.7. The largest absolute Gasteiger partial charge is 0.383 e.